The molecule has 29 heavy (non-hydrogen) atoms. The lowest BCUT2D eigenvalue weighted by Gasteiger charge is -2.09. The highest BCUT2D eigenvalue weighted by Crippen LogP contribution is 2.33. The zero-order chi connectivity index (χ0) is 21.2. The summed E-state index contributed by atoms with van der Waals surface area (Å²) in [5.41, 5.74) is 0.999. The average Bonchev–Trinajstić information content (AvgIpc) is 3.08. The first-order valence-electron chi connectivity index (χ1n) is 8.40. The predicted molar refractivity (Wildman–Crippen MR) is 104 cm³/mol. The van der Waals surface area contributed by atoms with Crippen molar-refractivity contribution in [1.82, 2.24) is 9.78 Å². The van der Waals surface area contributed by atoms with Crippen molar-refractivity contribution >= 4 is 21.7 Å². The Morgan fingerprint density at radius 2 is 1.69 bits per heavy atom. The summed E-state index contributed by atoms with van der Waals surface area (Å²) in [5, 5.41) is 4.18. The largest absolute Gasteiger partial charge is 0.435 e. The highest BCUT2D eigenvalue weighted by atomic mass is 35.5. The Bertz CT molecular complexity index is 1090. The van der Waals surface area contributed by atoms with Crippen LogP contribution in [0.1, 0.15) is 11.3 Å². The molecule has 0 saturated heterocycles. The van der Waals surface area contributed by atoms with Crippen LogP contribution in [0.5, 0.6) is 0 Å². The van der Waals surface area contributed by atoms with Crippen molar-refractivity contribution in [3.8, 4) is 16.9 Å². The van der Waals surface area contributed by atoms with E-state index in [-0.39, 0.29) is 12.3 Å². The molecule has 0 unspecified atom stereocenters. The van der Waals surface area contributed by atoms with Crippen molar-refractivity contribution in [2.24, 2.45) is 0 Å². The Morgan fingerprint density at radius 3 is 2.24 bits per heavy atom. The summed E-state index contributed by atoms with van der Waals surface area (Å²) in [6.45, 7) is -0.0148. The lowest BCUT2D eigenvalue weighted by Crippen LogP contribution is -2.07. The van der Waals surface area contributed by atoms with E-state index in [9.17, 15) is 21.6 Å². The highest BCUT2D eigenvalue weighted by Gasteiger charge is 2.35. The quantitative estimate of drug-likeness (QED) is 0.516. The third-order valence-electron chi connectivity index (χ3n) is 4.01. The van der Waals surface area contributed by atoms with E-state index < -0.39 is 22.0 Å². The maximum absolute atomic E-state index is 13.2. The summed E-state index contributed by atoms with van der Waals surface area (Å²) in [6.07, 6.45) is -3.28. The van der Waals surface area contributed by atoms with Gasteiger partial charge in [-0.25, -0.2) is 4.68 Å². The molecule has 1 aromatic heterocycles. The smallest absolute Gasteiger partial charge is 0.270 e. The fourth-order valence-corrected chi connectivity index (χ4v) is 3.17. The van der Waals surface area contributed by atoms with Crippen LogP contribution in [-0.4, -0.2) is 31.1 Å². The van der Waals surface area contributed by atoms with Crippen LogP contribution in [0.15, 0.2) is 54.6 Å². The van der Waals surface area contributed by atoms with Crippen molar-refractivity contribution in [3.63, 3.8) is 0 Å². The first kappa shape index (κ1) is 21.4. The van der Waals surface area contributed by atoms with Crippen LogP contribution in [0.25, 0.3) is 16.9 Å². The SMILES string of the molecule is CS(=O)(=O)OCCc1ccc(-c2cc(C(F)(F)F)nn2-c2ccc(Cl)cc2)cc1. The van der Waals surface area contributed by atoms with Gasteiger partial charge in [0.05, 0.1) is 24.2 Å². The molecule has 0 radical (unpaired) electrons. The number of hydrogen-bond donors (Lipinski definition) is 0. The fraction of sp³-hybridized carbons (Fsp3) is 0.211. The lowest BCUT2D eigenvalue weighted by atomic mass is 10.1. The Morgan fingerprint density at radius 1 is 1.07 bits per heavy atom. The zero-order valence-electron chi connectivity index (χ0n) is 15.1. The normalized spacial score (nSPS) is 12.3. The molecule has 3 aromatic rings. The molecule has 0 amide bonds. The number of rotatable bonds is 6. The first-order chi connectivity index (χ1) is 13.5. The van der Waals surface area contributed by atoms with Crippen LogP contribution in [0.2, 0.25) is 5.02 Å². The Kier molecular flexibility index (Phi) is 6.02. The molecule has 0 atom stereocenters. The molecule has 0 aliphatic heterocycles. The van der Waals surface area contributed by atoms with Gasteiger partial charge < -0.3 is 0 Å². The standard InChI is InChI=1S/C19H16ClF3N2O3S/c1-29(26,27)28-11-10-13-2-4-14(5-3-13)17-12-18(19(21,22)23)24-25(17)16-8-6-15(20)7-9-16/h2-9,12H,10-11H2,1H3. The van der Waals surface area contributed by atoms with Gasteiger partial charge in [-0.3, -0.25) is 4.18 Å². The van der Waals surface area contributed by atoms with Gasteiger partial charge in [-0.2, -0.15) is 26.7 Å². The van der Waals surface area contributed by atoms with E-state index >= 15 is 0 Å². The molecule has 5 nitrogen and oxygen atoms in total. The second kappa shape index (κ2) is 8.17. The fourth-order valence-electron chi connectivity index (χ4n) is 2.66. The summed E-state index contributed by atoms with van der Waals surface area (Å²) in [6, 6.07) is 14.0. The lowest BCUT2D eigenvalue weighted by molar-refractivity contribution is -0.141. The van der Waals surface area contributed by atoms with Crippen LogP contribution in [0.3, 0.4) is 0 Å². The van der Waals surface area contributed by atoms with E-state index in [4.69, 9.17) is 15.8 Å². The maximum Gasteiger partial charge on any atom is 0.435 e. The number of nitrogens with zero attached hydrogens (tertiary/aromatic N) is 2. The third-order valence-corrected chi connectivity index (χ3v) is 4.86. The Balaban J connectivity index is 1.92. The summed E-state index contributed by atoms with van der Waals surface area (Å²) in [5.74, 6) is 0. The number of hydrogen-bond acceptors (Lipinski definition) is 4. The first-order valence-corrected chi connectivity index (χ1v) is 10.6. The van der Waals surface area contributed by atoms with Crippen molar-refractivity contribution < 1.29 is 25.8 Å². The van der Waals surface area contributed by atoms with Gasteiger partial charge in [0.1, 0.15) is 0 Å². The van der Waals surface area contributed by atoms with Crippen molar-refractivity contribution in [1.29, 1.82) is 0 Å². The second-order valence-electron chi connectivity index (χ2n) is 6.27. The van der Waals surface area contributed by atoms with E-state index in [0.717, 1.165) is 17.9 Å². The van der Waals surface area contributed by atoms with Gasteiger partial charge in [0.2, 0.25) is 0 Å². The Hall–Kier alpha value is -2.36. The number of aromatic nitrogens is 2. The van der Waals surface area contributed by atoms with Crippen LogP contribution >= 0.6 is 11.6 Å². The molecule has 1 heterocycles. The zero-order valence-corrected chi connectivity index (χ0v) is 16.7. The molecular weight excluding hydrogens is 429 g/mol. The molecule has 0 bridgehead atoms. The van der Waals surface area contributed by atoms with Crippen molar-refractivity contribution in [2.45, 2.75) is 12.6 Å². The van der Waals surface area contributed by atoms with E-state index in [1.54, 1.807) is 48.5 Å². The van der Waals surface area contributed by atoms with E-state index in [1.807, 2.05) is 0 Å². The van der Waals surface area contributed by atoms with Crippen molar-refractivity contribution in [2.75, 3.05) is 12.9 Å². The molecule has 0 spiro atoms. The minimum atomic E-state index is -4.59. The minimum Gasteiger partial charge on any atom is -0.270 e. The van der Waals surface area contributed by atoms with Gasteiger partial charge in [-0.1, -0.05) is 35.9 Å². The minimum absolute atomic E-state index is 0.0148. The molecule has 0 aliphatic rings. The summed E-state index contributed by atoms with van der Waals surface area (Å²) < 4.78 is 67.6. The molecule has 0 fully saturated rings. The van der Waals surface area contributed by atoms with Gasteiger partial charge >= 0.3 is 6.18 Å². The van der Waals surface area contributed by atoms with Crippen LogP contribution in [0.4, 0.5) is 13.2 Å². The number of alkyl halides is 3. The Labute approximate surface area is 170 Å². The van der Waals surface area contributed by atoms with E-state index in [1.165, 1.54) is 4.68 Å². The molecule has 2 aromatic carbocycles. The summed E-state index contributed by atoms with van der Waals surface area (Å²) in [7, 11) is -3.52. The second-order valence-corrected chi connectivity index (χ2v) is 8.35. The molecular formula is C19H16ClF3N2O3S. The number of benzene rings is 2. The van der Waals surface area contributed by atoms with E-state index in [2.05, 4.69) is 5.10 Å². The molecule has 0 aliphatic carbocycles. The van der Waals surface area contributed by atoms with Gasteiger partial charge in [-0.05, 0) is 42.3 Å². The number of halogens is 4. The average molecular weight is 445 g/mol. The van der Waals surface area contributed by atoms with Gasteiger partial charge in [0.15, 0.2) is 5.69 Å². The molecule has 10 heteroatoms. The molecule has 0 saturated carbocycles. The molecule has 0 N–H and O–H groups in total. The van der Waals surface area contributed by atoms with Gasteiger partial charge in [0, 0.05) is 10.6 Å². The van der Waals surface area contributed by atoms with E-state index in [0.29, 0.717) is 22.7 Å². The third kappa shape index (κ3) is 5.59. The van der Waals surface area contributed by atoms with Crippen LogP contribution in [-0.2, 0) is 26.9 Å². The van der Waals surface area contributed by atoms with Crippen LogP contribution in [0, 0.1) is 0 Å². The topological polar surface area (TPSA) is 61.2 Å². The maximum atomic E-state index is 13.2. The summed E-state index contributed by atoms with van der Waals surface area (Å²) in [4.78, 5) is 0. The predicted octanol–water partition coefficient (Wildman–Crippen LogP) is 4.73. The van der Waals surface area contributed by atoms with Crippen LogP contribution < -0.4 is 0 Å². The van der Waals surface area contributed by atoms with Gasteiger partial charge in [-0.15, -0.1) is 0 Å². The van der Waals surface area contributed by atoms with Crippen molar-refractivity contribution in [3.05, 3.63) is 70.9 Å². The monoisotopic (exact) mass is 444 g/mol. The molecule has 3 rings (SSSR count). The molecule has 154 valence electrons. The van der Waals surface area contributed by atoms with Gasteiger partial charge in [0.25, 0.3) is 10.1 Å². The summed E-state index contributed by atoms with van der Waals surface area (Å²) >= 11 is 5.86. The highest BCUT2D eigenvalue weighted by molar-refractivity contribution is 7.85.